The highest BCUT2D eigenvalue weighted by atomic mass is 35.5. The van der Waals surface area contributed by atoms with Crippen LogP contribution < -0.4 is 9.62 Å². The molecule has 0 fully saturated rings. The summed E-state index contributed by atoms with van der Waals surface area (Å²) in [5.74, 6) is -1.27. The number of nitrogens with zero attached hydrogens (tertiary/aromatic N) is 2. The summed E-state index contributed by atoms with van der Waals surface area (Å²) in [6.45, 7) is 7.30. The second-order valence-corrected chi connectivity index (χ2v) is 14.0. The third-order valence-electron chi connectivity index (χ3n) is 7.55. The van der Waals surface area contributed by atoms with Gasteiger partial charge in [0.15, 0.2) is 0 Å². The highest BCUT2D eigenvalue weighted by molar-refractivity contribution is 7.92. The Hall–Kier alpha value is -4.21. The van der Waals surface area contributed by atoms with Gasteiger partial charge in [-0.1, -0.05) is 91.7 Å². The summed E-state index contributed by atoms with van der Waals surface area (Å²) >= 11 is 6.44. The topological polar surface area (TPSA) is 86.8 Å². The third-order valence-corrected chi connectivity index (χ3v) is 9.75. The monoisotopic (exact) mass is 663 g/mol. The Morgan fingerprint density at radius 1 is 0.870 bits per heavy atom. The van der Waals surface area contributed by atoms with Crippen LogP contribution in [0.5, 0.6) is 0 Å². The fourth-order valence-electron chi connectivity index (χ4n) is 4.87. The minimum absolute atomic E-state index is 0.00296. The van der Waals surface area contributed by atoms with Gasteiger partial charge < -0.3 is 10.2 Å². The van der Waals surface area contributed by atoms with Crippen LogP contribution in [-0.4, -0.2) is 44.3 Å². The molecule has 0 aliphatic rings. The Morgan fingerprint density at radius 2 is 1.52 bits per heavy atom. The van der Waals surface area contributed by atoms with E-state index in [0.717, 1.165) is 21.0 Å². The summed E-state index contributed by atoms with van der Waals surface area (Å²) in [6.07, 6.45) is 0.179. The molecule has 0 heterocycles. The first-order chi connectivity index (χ1) is 21.8. The van der Waals surface area contributed by atoms with Crippen LogP contribution in [0, 0.1) is 25.6 Å². The van der Waals surface area contributed by atoms with Crippen LogP contribution in [0.15, 0.2) is 102 Å². The molecule has 2 amide bonds. The molecule has 0 aliphatic carbocycles. The first kappa shape index (κ1) is 34.7. The molecule has 0 aliphatic heterocycles. The Morgan fingerprint density at radius 3 is 2.13 bits per heavy atom. The number of halogens is 2. The van der Waals surface area contributed by atoms with Gasteiger partial charge in [-0.2, -0.15) is 0 Å². The quantitative estimate of drug-likeness (QED) is 0.172. The predicted molar refractivity (Wildman–Crippen MR) is 181 cm³/mol. The number of carbonyl (C=O) groups is 2. The van der Waals surface area contributed by atoms with Gasteiger partial charge in [0.2, 0.25) is 11.8 Å². The number of amides is 2. The van der Waals surface area contributed by atoms with Crippen LogP contribution in [0.4, 0.5) is 10.1 Å². The van der Waals surface area contributed by atoms with E-state index in [0.29, 0.717) is 17.1 Å². The van der Waals surface area contributed by atoms with Crippen molar-refractivity contribution >= 4 is 39.1 Å². The molecule has 46 heavy (non-hydrogen) atoms. The highest BCUT2D eigenvalue weighted by Gasteiger charge is 2.34. The molecule has 1 unspecified atom stereocenters. The van der Waals surface area contributed by atoms with E-state index in [9.17, 15) is 22.4 Å². The first-order valence-corrected chi connectivity index (χ1v) is 16.9. The molecule has 10 heteroatoms. The molecule has 242 valence electrons. The normalized spacial score (nSPS) is 12.1. The number of carbonyl (C=O) groups excluding carboxylic acids is 2. The zero-order valence-electron chi connectivity index (χ0n) is 26.4. The minimum Gasteiger partial charge on any atom is -0.354 e. The van der Waals surface area contributed by atoms with E-state index < -0.39 is 34.3 Å². The molecular weight excluding hydrogens is 625 g/mol. The van der Waals surface area contributed by atoms with Gasteiger partial charge >= 0.3 is 0 Å². The van der Waals surface area contributed by atoms with Crippen molar-refractivity contribution in [2.24, 2.45) is 5.92 Å². The van der Waals surface area contributed by atoms with E-state index in [1.165, 1.54) is 35.2 Å². The van der Waals surface area contributed by atoms with Crippen molar-refractivity contribution in [2.75, 3.05) is 17.4 Å². The molecule has 0 aromatic heterocycles. The summed E-state index contributed by atoms with van der Waals surface area (Å²) in [5.41, 5.74) is 3.22. The second-order valence-electron chi connectivity index (χ2n) is 11.8. The zero-order valence-corrected chi connectivity index (χ0v) is 28.0. The lowest BCUT2D eigenvalue weighted by Gasteiger charge is -2.34. The van der Waals surface area contributed by atoms with Gasteiger partial charge in [0.1, 0.15) is 18.4 Å². The van der Waals surface area contributed by atoms with Crippen molar-refractivity contribution in [1.29, 1.82) is 0 Å². The summed E-state index contributed by atoms with van der Waals surface area (Å²) < 4.78 is 43.2. The van der Waals surface area contributed by atoms with Crippen LogP contribution in [0.3, 0.4) is 0 Å². The number of anilines is 1. The molecule has 1 N–H and O–H groups in total. The van der Waals surface area contributed by atoms with Crippen molar-refractivity contribution in [3.63, 3.8) is 0 Å². The van der Waals surface area contributed by atoms with Crippen molar-refractivity contribution < 1.29 is 22.4 Å². The molecule has 4 rings (SSSR count). The van der Waals surface area contributed by atoms with E-state index in [4.69, 9.17) is 11.6 Å². The Labute approximate surface area is 276 Å². The van der Waals surface area contributed by atoms with Gasteiger partial charge in [-0.05, 0) is 72.9 Å². The SMILES string of the molecule is Cc1ccc(S(=O)(=O)N(CC(=O)N(Cc2ccc(F)cc2)C(Cc2ccccc2)C(=O)NCC(C)C)c2ccc(C)c(Cl)c2)cc1. The number of hydrogen-bond acceptors (Lipinski definition) is 4. The number of aryl methyl sites for hydroxylation is 2. The largest absolute Gasteiger partial charge is 0.354 e. The van der Waals surface area contributed by atoms with Gasteiger partial charge in [0.05, 0.1) is 10.6 Å². The van der Waals surface area contributed by atoms with E-state index in [-0.39, 0.29) is 35.4 Å². The van der Waals surface area contributed by atoms with Crippen LogP contribution in [0.2, 0.25) is 5.02 Å². The summed E-state index contributed by atoms with van der Waals surface area (Å²) in [6, 6.07) is 25.1. The maximum absolute atomic E-state index is 14.5. The lowest BCUT2D eigenvalue weighted by molar-refractivity contribution is -0.140. The van der Waals surface area contributed by atoms with E-state index in [2.05, 4.69) is 5.32 Å². The Bertz CT molecular complexity index is 1750. The van der Waals surface area contributed by atoms with Crippen LogP contribution >= 0.6 is 11.6 Å². The number of nitrogens with one attached hydrogen (secondary N) is 1. The van der Waals surface area contributed by atoms with Crippen molar-refractivity contribution in [3.05, 3.63) is 130 Å². The average Bonchev–Trinajstić information content (AvgIpc) is 3.03. The maximum atomic E-state index is 14.5. The van der Waals surface area contributed by atoms with Gasteiger partial charge in [-0.25, -0.2) is 12.8 Å². The van der Waals surface area contributed by atoms with Crippen molar-refractivity contribution in [2.45, 2.75) is 51.6 Å². The average molecular weight is 664 g/mol. The fraction of sp³-hybridized carbons (Fsp3) is 0.278. The molecule has 0 spiro atoms. The molecule has 4 aromatic carbocycles. The lowest BCUT2D eigenvalue weighted by atomic mass is 10.0. The summed E-state index contributed by atoms with van der Waals surface area (Å²) in [5, 5.41) is 3.29. The molecule has 0 saturated carbocycles. The van der Waals surface area contributed by atoms with E-state index in [1.54, 1.807) is 43.3 Å². The van der Waals surface area contributed by atoms with Crippen LogP contribution in [-0.2, 0) is 32.6 Å². The van der Waals surface area contributed by atoms with Gasteiger partial charge in [0.25, 0.3) is 10.0 Å². The number of hydrogen-bond donors (Lipinski definition) is 1. The molecule has 4 aromatic rings. The molecule has 1 atom stereocenters. The third kappa shape index (κ3) is 8.95. The Kier molecular flexibility index (Phi) is 11.6. The van der Waals surface area contributed by atoms with Crippen LogP contribution in [0.1, 0.15) is 36.1 Å². The molecular formula is C36H39ClFN3O4S. The van der Waals surface area contributed by atoms with Gasteiger partial charge in [0, 0.05) is 24.5 Å². The molecule has 7 nitrogen and oxygen atoms in total. The predicted octanol–water partition coefficient (Wildman–Crippen LogP) is 6.70. The fourth-order valence-corrected chi connectivity index (χ4v) is 6.45. The molecule has 0 bridgehead atoms. The zero-order chi connectivity index (χ0) is 33.4. The maximum Gasteiger partial charge on any atom is 0.264 e. The second kappa shape index (κ2) is 15.4. The van der Waals surface area contributed by atoms with Gasteiger partial charge in [-0.15, -0.1) is 0 Å². The number of benzene rings is 4. The summed E-state index contributed by atoms with van der Waals surface area (Å²) in [4.78, 5) is 29.7. The van der Waals surface area contributed by atoms with Crippen LogP contribution in [0.25, 0.3) is 0 Å². The summed E-state index contributed by atoms with van der Waals surface area (Å²) in [7, 11) is -4.26. The molecule has 0 saturated heterocycles. The van der Waals surface area contributed by atoms with E-state index in [1.807, 2.05) is 51.1 Å². The smallest absolute Gasteiger partial charge is 0.264 e. The highest BCUT2D eigenvalue weighted by Crippen LogP contribution is 2.29. The minimum atomic E-state index is -4.26. The number of rotatable bonds is 13. The Balaban J connectivity index is 1.81. The van der Waals surface area contributed by atoms with Gasteiger partial charge in [-0.3, -0.25) is 13.9 Å². The lowest BCUT2D eigenvalue weighted by Crippen LogP contribution is -2.53. The van der Waals surface area contributed by atoms with Crippen molar-refractivity contribution in [3.8, 4) is 0 Å². The molecule has 0 radical (unpaired) electrons. The van der Waals surface area contributed by atoms with E-state index >= 15 is 0 Å². The first-order valence-electron chi connectivity index (χ1n) is 15.1. The number of sulfonamides is 1. The standard InChI is InChI=1S/C36H39ClFN3O4S/c1-25(2)22-39-36(43)34(20-28-8-6-5-7-9-28)40(23-29-13-15-30(38)16-14-29)35(42)24-41(31-17-12-27(4)33(37)21-31)46(44,45)32-18-10-26(3)11-19-32/h5-19,21,25,34H,20,22-24H2,1-4H3,(H,39,43). The van der Waals surface area contributed by atoms with Crippen molar-refractivity contribution in [1.82, 2.24) is 10.2 Å².